The van der Waals surface area contributed by atoms with Crippen LogP contribution in [0.5, 0.6) is 0 Å². The summed E-state index contributed by atoms with van der Waals surface area (Å²) < 4.78 is 0. The predicted octanol–water partition coefficient (Wildman–Crippen LogP) is 1.20. The molecule has 3 rings (SSSR count). The number of carbonyl (C=O) groups is 1. The Morgan fingerprint density at radius 2 is 2.00 bits per heavy atom. The lowest BCUT2D eigenvalue weighted by molar-refractivity contribution is -0.123. The number of amides is 1. The molecule has 0 spiro atoms. The smallest absolute Gasteiger partial charge is 0.257 e. The second-order valence-electron chi connectivity index (χ2n) is 5.85. The zero-order valence-electron chi connectivity index (χ0n) is 12.0. The number of hydrogen-bond acceptors (Lipinski definition) is 4. The van der Waals surface area contributed by atoms with Gasteiger partial charge in [-0.15, -0.1) is 0 Å². The quantitative estimate of drug-likeness (QED) is 0.851. The van der Waals surface area contributed by atoms with Gasteiger partial charge in [-0.1, -0.05) is 6.07 Å². The number of piperidine rings is 1. The number of carbonyl (C=O) groups excluding carboxylic acids is 1. The number of rotatable bonds is 2. The van der Waals surface area contributed by atoms with Gasteiger partial charge in [-0.2, -0.15) is 0 Å². The van der Waals surface area contributed by atoms with E-state index >= 15 is 0 Å². The molecule has 1 unspecified atom stereocenters. The van der Waals surface area contributed by atoms with Crippen molar-refractivity contribution < 1.29 is 9.90 Å². The van der Waals surface area contributed by atoms with E-state index in [9.17, 15) is 9.90 Å². The van der Waals surface area contributed by atoms with Gasteiger partial charge in [0, 0.05) is 36.1 Å². The van der Waals surface area contributed by atoms with Crippen LogP contribution in [-0.2, 0) is 4.79 Å². The third-order valence-electron chi connectivity index (χ3n) is 4.40. The van der Waals surface area contributed by atoms with E-state index in [1.54, 1.807) is 0 Å². The minimum absolute atomic E-state index is 0.330. The van der Waals surface area contributed by atoms with E-state index in [1.165, 1.54) is 0 Å². The molecular weight excluding hydrogens is 254 g/mol. The van der Waals surface area contributed by atoms with Crippen molar-refractivity contribution in [2.45, 2.75) is 25.0 Å². The van der Waals surface area contributed by atoms with E-state index < -0.39 is 6.10 Å². The van der Waals surface area contributed by atoms with Crippen LogP contribution in [0.2, 0.25) is 0 Å². The normalized spacial score (nSPS) is 23.1. The summed E-state index contributed by atoms with van der Waals surface area (Å²) in [6.45, 7) is 2.05. The average molecular weight is 275 g/mol. The first-order valence-corrected chi connectivity index (χ1v) is 7.10. The molecule has 0 radical (unpaired) electrons. The van der Waals surface area contributed by atoms with Crippen molar-refractivity contribution >= 4 is 17.3 Å². The van der Waals surface area contributed by atoms with Crippen LogP contribution in [0.25, 0.3) is 0 Å². The Balaban J connectivity index is 1.74. The molecule has 108 valence electrons. The van der Waals surface area contributed by atoms with E-state index in [2.05, 4.69) is 29.2 Å². The Morgan fingerprint density at radius 1 is 1.30 bits per heavy atom. The molecular formula is C15H21N3O2. The molecule has 1 aromatic rings. The van der Waals surface area contributed by atoms with Crippen LogP contribution in [0.15, 0.2) is 18.2 Å². The monoisotopic (exact) mass is 275 g/mol. The second kappa shape index (κ2) is 5.07. The number of aliphatic hydroxyl groups excluding tert-OH is 1. The highest BCUT2D eigenvalue weighted by Gasteiger charge is 2.29. The zero-order chi connectivity index (χ0) is 14.3. The van der Waals surface area contributed by atoms with Gasteiger partial charge >= 0.3 is 0 Å². The first kappa shape index (κ1) is 13.4. The Labute approximate surface area is 119 Å². The van der Waals surface area contributed by atoms with Crippen LogP contribution in [-0.4, -0.2) is 49.1 Å². The van der Waals surface area contributed by atoms with Gasteiger partial charge in [-0.3, -0.25) is 4.79 Å². The summed E-state index contributed by atoms with van der Waals surface area (Å²) in [5.41, 5.74) is 2.55. The number of aliphatic hydroxyl groups is 1. The van der Waals surface area contributed by atoms with Gasteiger partial charge in [0.15, 0.2) is 6.10 Å². The Bertz CT molecular complexity index is 522. The summed E-state index contributed by atoms with van der Waals surface area (Å²) in [6.07, 6.45) is 1.29. The molecule has 2 N–H and O–H groups in total. The van der Waals surface area contributed by atoms with Crippen molar-refractivity contribution in [2.75, 3.05) is 37.4 Å². The zero-order valence-corrected chi connectivity index (χ0v) is 12.0. The molecule has 1 atom stereocenters. The van der Waals surface area contributed by atoms with Crippen LogP contribution >= 0.6 is 0 Å². The summed E-state index contributed by atoms with van der Waals surface area (Å²) in [5, 5.41) is 12.4. The minimum Gasteiger partial charge on any atom is -0.378 e. The maximum Gasteiger partial charge on any atom is 0.257 e. The molecule has 5 heteroatoms. The molecule has 1 aromatic carbocycles. The lowest BCUT2D eigenvalue weighted by atomic mass is 10.0. The fourth-order valence-electron chi connectivity index (χ4n) is 3.07. The van der Waals surface area contributed by atoms with Crippen molar-refractivity contribution in [3.05, 3.63) is 23.8 Å². The number of fused-ring (bicyclic) bond motifs is 1. The Morgan fingerprint density at radius 3 is 2.65 bits per heavy atom. The van der Waals surface area contributed by atoms with Gasteiger partial charge in [0.1, 0.15) is 0 Å². The highest BCUT2D eigenvalue weighted by Crippen LogP contribution is 2.34. The van der Waals surface area contributed by atoms with Crippen molar-refractivity contribution in [3.63, 3.8) is 0 Å². The molecule has 2 aliphatic rings. The first-order chi connectivity index (χ1) is 9.56. The van der Waals surface area contributed by atoms with Crippen molar-refractivity contribution in [3.8, 4) is 0 Å². The molecule has 1 amide bonds. The van der Waals surface area contributed by atoms with Gasteiger partial charge in [0.25, 0.3) is 5.91 Å². The lowest BCUT2D eigenvalue weighted by Gasteiger charge is -2.36. The molecule has 5 nitrogen and oxygen atoms in total. The summed E-state index contributed by atoms with van der Waals surface area (Å²) in [4.78, 5) is 16.1. The van der Waals surface area contributed by atoms with Gasteiger partial charge in [-0.25, -0.2) is 0 Å². The fraction of sp³-hybridized carbons (Fsp3) is 0.533. The van der Waals surface area contributed by atoms with Gasteiger partial charge in [-0.05, 0) is 39.1 Å². The Kier molecular flexibility index (Phi) is 3.40. The maximum absolute atomic E-state index is 11.5. The first-order valence-electron chi connectivity index (χ1n) is 7.10. The summed E-state index contributed by atoms with van der Waals surface area (Å²) in [5.74, 6) is -0.330. The summed E-state index contributed by atoms with van der Waals surface area (Å²) in [6, 6.07) is 6.48. The number of anilines is 2. The van der Waals surface area contributed by atoms with Crippen LogP contribution in [0.4, 0.5) is 11.4 Å². The third-order valence-corrected chi connectivity index (χ3v) is 4.40. The highest BCUT2D eigenvalue weighted by molar-refractivity contribution is 6.02. The van der Waals surface area contributed by atoms with Gasteiger partial charge in [0.05, 0.1) is 0 Å². The number of nitrogens with one attached hydrogen (secondary N) is 1. The van der Waals surface area contributed by atoms with Crippen LogP contribution in [0.3, 0.4) is 0 Å². The molecule has 0 saturated carbocycles. The maximum atomic E-state index is 11.5. The molecule has 2 heterocycles. The summed E-state index contributed by atoms with van der Waals surface area (Å²) in [7, 11) is 4.26. The summed E-state index contributed by atoms with van der Waals surface area (Å²) >= 11 is 0. The van der Waals surface area contributed by atoms with E-state index in [0.29, 0.717) is 11.6 Å². The topological polar surface area (TPSA) is 55.8 Å². The fourth-order valence-corrected chi connectivity index (χ4v) is 3.07. The van der Waals surface area contributed by atoms with Crippen LogP contribution in [0, 0.1) is 0 Å². The second-order valence-corrected chi connectivity index (χ2v) is 5.85. The van der Waals surface area contributed by atoms with Crippen LogP contribution in [0.1, 0.15) is 24.5 Å². The third kappa shape index (κ3) is 2.27. The SMILES string of the molecule is CN(C)C1CCN(c2ccc3c(c2)NC(=O)C3O)CC1. The van der Waals surface area contributed by atoms with Crippen molar-refractivity contribution in [2.24, 2.45) is 0 Å². The van der Waals surface area contributed by atoms with E-state index in [0.717, 1.165) is 37.3 Å². The van der Waals surface area contributed by atoms with Crippen molar-refractivity contribution in [1.29, 1.82) is 0 Å². The number of nitrogens with zero attached hydrogens (tertiary/aromatic N) is 2. The van der Waals surface area contributed by atoms with E-state index in [1.807, 2.05) is 18.2 Å². The molecule has 0 aliphatic carbocycles. The van der Waals surface area contributed by atoms with E-state index in [4.69, 9.17) is 0 Å². The lowest BCUT2D eigenvalue weighted by Crippen LogP contribution is -2.41. The minimum atomic E-state index is -1.02. The van der Waals surface area contributed by atoms with Crippen LogP contribution < -0.4 is 10.2 Å². The molecule has 0 bridgehead atoms. The molecule has 20 heavy (non-hydrogen) atoms. The molecule has 0 aromatic heterocycles. The average Bonchev–Trinajstić information content (AvgIpc) is 2.74. The van der Waals surface area contributed by atoms with Gasteiger partial charge in [0.2, 0.25) is 0 Å². The number of benzene rings is 1. The van der Waals surface area contributed by atoms with Crippen molar-refractivity contribution in [1.82, 2.24) is 4.90 Å². The largest absolute Gasteiger partial charge is 0.378 e. The number of hydrogen-bond donors (Lipinski definition) is 2. The van der Waals surface area contributed by atoms with E-state index in [-0.39, 0.29) is 5.91 Å². The Hall–Kier alpha value is -1.59. The molecule has 1 fully saturated rings. The predicted molar refractivity (Wildman–Crippen MR) is 79.0 cm³/mol. The molecule has 2 aliphatic heterocycles. The standard InChI is InChI=1S/C15H21N3O2/c1-17(2)10-5-7-18(8-6-10)11-3-4-12-13(9-11)16-15(20)14(12)19/h3-4,9-10,14,19H,5-8H2,1-2H3,(H,16,20). The highest BCUT2D eigenvalue weighted by atomic mass is 16.3. The molecule has 1 saturated heterocycles. The van der Waals surface area contributed by atoms with Gasteiger partial charge < -0.3 is 20.2 Å².